The highest BCUT2D eigenvalue weighted by Crippen LogP contribution is 2.22. The van der Waals surface area contributed by atoms with Gasteiger partial charge in [0.05, 0.1) is 6.33 Å². The van der Waals surface area contributed by atoms with Crippen LogP contribution in [0.5, 0.6) is 0 Å². The summed E-state index contributed by atoms with van der Waals surface area (Å²) < 4.78 is 2.08. The van der Waals surface area contributed by atoms with E-state index in [9.17, 15) is 0 Å². The van der Waals surface area contributed by atoms with Gasteiger partial charge in [-0.15, -0.1) is 0 Å². The summed E-state index contributed by atoms with van der Waals surface area (Å²) in [6.07, 6.45) is 9.58. The van der Waals surface area contributed by atoms with Gasteiger partial charge in [-0.1, -0.05) is 49.6 Å². The lowest BCUT2D eigenvalue weighted by Crippen LogP contribution is -2.32. The second-order valence-corrected chi connectivity index (χ2v) is 7.53. The van der Waals surface area contributed by atoms with Crippen LogP contribution in [0.3, 0.4) is 0 Å². The van der Waals surface area contributed by atoms with E-state index in [1.165, 1.54) is 37.7 Å². The molecule has 0 spiro atoms. The molecule has 0 bridgehead atoms. The van der Waals surface area contributed by atoms with Gasteiger partial charge < -0.3 is 20.9 Å². The molecule has 0 atom stereocenters. The van der Waals surface area contributed by atoms with Crippen molar-refractivity contribution in [3.05, 3.63) is 42.2 Å². The Balaban J connectivity index is 1.40. The standard InChI is InChI=1S/C21H29N7/c22-21-26-19(24-13-7-12-23-17-10-5-2-6-11-17)18-20(27-21)25-15-28(18)14-16-8-3-1-4-9-16/h1,3-4,8-9,15,17,23H,2,5-7,10-14H2,(H3,22,24,26,27). The molecular formula is C21H29N7. The highest BCUT2D eigenvalue weighted by molar-refractivity contribution is 5.84. The fourth-order valence-corrected chi connectivity index (χ4v) is 3.93. The molecule has 4 rings (SSSR count). The van der Waals surface area contributed by atoms with Gasteiger partial charge >= 0.3 is 0 Å². The Morgan fingerprint density at radius 1 is 1.04 bits per heavy atom. The lowest BCUT2D eigenvalue weighted by atomic mass is 9.95. The Bertz CT molecular complexity index is 884. The highest BCUT2D eigenvalue weighted by atomic mass is 15.2. The number of hydrogen-bond donors (Lipinski definition) is 3. The maximum absolute atomic E-state index is 5.89. The minimum Gasteiger partial charge on any atom is -0.368 e. The third-order valence-corrected chi connectivity index (χ3v) is 5.37. The van der Waals surface area contributed by atoms with Crippen molar-refractivity contribution in [2.24, 2.45) is 0 Å². The van der Waals surface area contributed by atoms with Crippen molar-refractivity contribution in [1.82, 2.24) is 24.8 Å². The van der Waals surface area contributed by atoms with Gasteiger partial charge in [0.25, 0.3) is 0 Å². The van der Waals surface area contributed by atoms with Crippen molar-refractivity contribution < 1.29 is 0 Å². The van der Waals surface area contributed by atoms with E-state index in [2.05, 4.69) is 42.3 Å². The van der Waals surface area contributed by atoms with Crippen molar-refractivity contribution in [2.45, 2.75) is 51.1 Å². The van der Waals surface area contributed by atoms with Crippen LogP contribution in [0.4, 0.5) is 11.8 Å². The number of imidazole rings is 1. The Hall–Kier alpha value is -2.67. The molecule has 0 saturated heterocycles. The molecule has 0 unspecified atom stereocenters. The van der Waals surface area contributed by atoms with E-state index in [1.807, 2.05) is 24.5 Å². The maximum atomic E-state index is 5.89. The molecule has 1 saturated carbocycles. The third kappa shape index (κ3) is 4.59. The highest BCUT2D eigenvalue weighted by Gasteiger charge is 2.14. The van der Waals surface area contributed by atoms with Gasteiger partial charge in [-0.2, -0.15) is 9.97 Å². The fraction of sp³-hybridized carbons (Fsp3) is 0.476. The number of rotatable bonds is 8. The van der Waals surface area contributed by atoms with Crippen LogP contribution in [0.1, 0.15) is 44.1 Å². The van der Waals surface area contributed by atoms with Crippen LogP contribution in [0.25, 0.3) is 11.2 Å². The number of hydrogen-bond acceptors (Lipinski definition) is 6. The summed E-state index contributed by atoms with van der Waals surface area (Å²) >= 11 is 0. The Labute approximate surface area is 165 Å². The normalized spacial score (nSPS) is 15.1. The summed E-state index contributed by atoms with van der Waals surface area (Å²) in [6, 6.07) is 11.0. The SMILES string of the molecule is Nc1nc(NCCCNC2CCCCC2)c2c(ncn2Cc2ccccc2)n1. The predicted octanol–water partition coefficient (Wildman–Crippen LogP) is 3.18. The van der Waals surface area contributed by atoms with E-state index in [1.54, 1.807) is 0 Å². The van der Waals surface area contributed by atoms with Crippen LogP contribution in [-0.4, -0.2) is 38.7 Å². The molecule has 0 aliphatic heterocycles. The summed E-state index contributed by atoms with van der Waals surface area (Å²) in [6.45, 7) is 2.58. The summed E-state index contributed by atoms with van der Waals surface area (Å²) in [5.74, 6) is 1.01. The summed E-state index contributed by atoms with van der Waals surface area (Å²) in [5, 5.41) is 7.13. The van der Waals surface area contributed by atoms with Crippen LogP contribution in [0.2, 0.25) is 0 Å². The molecule has 1 aliphatic rings. The maximum Gasteiger partial charge on any atom is 0.224 e. The van der Waals surface area contributed by atoms with Crippen molar-refractivity contribution in [2.75, 3.05) is 24.1 Å². The first-order valence-electron chi connectivity index (χ1n) is 10.3. The third-order valence-electron chi connectivity index (χ3n) is 5.37. The zero-order valence-corrected chi connectivity index (χ0v) is 16.3. The van der Waals surface area contributed by atoms with Crippen LogP contribution in [-0.2, 0) is 6.54 Å². The van der Waals surface area contributed by atoms with Gasteiger partial charge in [0, 0.05) is 19.1 Å². The average molecular weight is 380 g/mol. The molecule has 2 heterocycles. The van der Waals surface area contributed by atoms with E-state index in [0.29, 0.717) is 11.7 Å². The number of nitrogens with zero attached hydrogens (tertiary/aromatic N) is 4. The molecule has 1 fully saturated rings. The van der Waals surface area contributed by atoms with Gasteiger partial charge in [0.2, 0.25) is 5.95 Å². The first-order valence-corrected chi connectivity index (χ1v) is 10.3. The van der Waals surface area contributed by atoms with Crippen molar-refractivity contribution >= 4 is 22.9 Å². The number of fused-ring (bicyclic) bond motifs is 1. The minimum atomic E-state index is 0.250. The van der Waals surface area contributed by atoms with E-state index in [0.717, 1.165) is 37.4 Å². The van der Waals surface area contributed by atoms with E-state index < -0.39 is 0 Å². The molecule has 3 aromatic rings. The average Bonchev–Trinajstić information content (AvgIpc) is 3.11. The zero-order chi connectivity index (χ0) is 19.2. The van der Waals surface area contributed by atoms with Gasteiger partial charge in [0.1, 0.15) is 5.52 Å². The predicted molar refractivity (Wildman–Crippen MR) is 113 cm³/mol. The second kappa shape index (κ2) is 9.01. The molecule has 0 amide bonds. The molecule has 148 valence electrons. The Morgan fingerprint density at radius 2 is 1.86 bits per heavy atom. The molecule has 1 aromatic carbocycles. The molecule has 4 N–H and O–H groups in total. The number of anilines is 2. The Kier molecular flexibility index (Phi) is 6.01. The number of nitrogens with one attached hydrogen (secondary N) is 2. The molecule has 0 radical (unpaired) electrons. The van der Waals surface area contributed by atoms with Crippen LogP contribution >= 0.6 is 0 Å². The number of nitrogen functional groups attached to an aromatic ring is 1. The van der Waals surface area contributed by atoms with Gasteiger partial charge in [-0.05, 0) is 31.4 Å². The smallest absolute Gasteiger partial charge is 0.224 e. The molecule has 7 nitrogen and oxygen atoms in total. The van der Waals surface area contributed by atoms with Crippen molar-refractivity contribution in [1.29, 1.82) is 0 Å². The summed E-state index contributed by atoms with van der Waals surface area (Å²) in [7, 11) is 0. The largest absolute Gasteiger partial charge is 0.368 e. The van der Waals surface area contributed by atoms with Crippen LogP contribution in [0, 0.1) is 0 Å². The van der Waals surface area contributed by atoms with E-state index in [4.69, 9.17) is 5.73 Å². The monoisotopic (exact) mass is 379 g/mol. The molecule has 28 heavy (non-hydrogen) atoms. The molecule has 7 heteroatoms. The second-order valence-electron chi connectivity index (χ2n) is 7.53. The van der Waals surface area contributed by atoms with Gasteiger partial charge in [0.15, 0.2) is 11.5 Å². The quantitative estimate of drug-likeness (QED) is 0.521. The van der Waals surface area contributed by atoms with Crippen molar-refractivity contribution in [3.63, 3.8) is 0 Å². The van der Waals surface area contributed by atoms with Crippen LogP contribution in [0.15, 0.2) is 36.7 Å². The summed E-state index contributed by atoms with van der Waals surface area (Å²) in [5.41, 5.74) is 8.63. The first-order chi connectivity index (χ1) is 13.8. The lowest BCUT2D eigenvalue weighted by molar-refractivity contribution is 0.373. The number of aromatic nitrogens is 4. The topological polar surface area (TPSA) is 93.7 Å². The van der Waals surface area contributed by atoms with Gasteiger partial charge in [-0.3, -0.25) is 0 Å². The molecular weight excluding hydrogens is 350 g/mol. The number of benzene rings is 1. The fourth-order valence-electron chi connectivity index (χ4n) is 3.93. The zero-order valence-electron chi connectivity index (χ0n) is 16.3. The van der Waals surface area contributed by atoms with E-state index >= 15 is 0 Å². The van der Waals surface area contributed by atoms with Crippen molar-refractivity contribution in [3.8, 4) is 0 Å². The minimum absolute atomic E-state index is 0.250. The molecule has 2 aromatic heterocycles. The lowest BCUT2D eigenvalue weighted by Gasteiger charge is -2.22. The number of nitrogens with two attached hydrogens (primary N) is 1. The first kappa shape index (κ1) is 18.7. The van der Waals surface area contributed by atoms with E-state index in [-0.39, 0.29) is 5.95 Å². The summed E-state index contributed by atoms with van der Waals surface area (Å²) in [4.78, 5) is 13.1. The van der Waals surface area contributed by atoms with Gasteiger partial charge in [-0.25, -0.2) is 4.98 Å². The molecule has 1 aliphatic carbocycles. The Morgan fingerprint density at radius 3 is 2.68 bits per heavy atom. The van der Waals surface area contributed by atoms with Crippen LogP contribution < -0.4 is 16.4 Å².